The fourth-order valence-corrected chi connectivity index (χ4v) is 3.38. The van der Waals surface area contributed by atoms with Crippen molar-refractivity contribution in [1.82, 2.24) is 20.5 Å². The Labute approximate surface area is 147 Å². The minimum atomic E-state index is 0. The lowest BCUT2D eigenvalue weighted by molar-refractivity contribution is -0.100. The monoisotopic (exact) mass is 360 g/mol. The van der Waals surface area contributed by atoms with Crippen molar-refractivity contribution in [1.29, 1.82) is 0 Å². The van der Waals surface area contributed by atoms with E-state index in [0.717, 1.165) is 63.2 Å². The summed E-state index contributed by atoms with van der Waals surface area (Å²) < 4.78 is 10.9. The van der Waals surface area contributed by atoms with E-state index in [2.05, 4.69) is 26.6 Å². The lowest BCUT2D eigenvalue weighted by atomic mass is 9.90. The van der Waals surface area contributed by atoms with Gasteiger partial charge in [-0.3, -0.25) is 4.90 Å². The first-order chi connectivity index (χ1) is 10.3. The molecule has 6 nitrogen and oxygen atoms in total. The Morgan fingerprint density at radius 3 is 2.74 bits per heavy atom. The highest BCUT2D eigenvalue weighted by Gasteiger charge is 2.36. The number of nitrogens with zero attached hydrogens (tertiary/aromatic N) is 3. The minimum Gasteiger partial charge on any atom is -0.372 e. The smallest absolute Gasteiger partial charge is 0.139 e. The molecule has 1 spiro atoms. The molecule has 1 aromatic heterocycles. The zero-order valence-corrected chi connectivity index (χ0v) is 14.5. The van der Waals surface area contributed by atoms with Crippen LogP contribution in [0.2, 0.25) is 0 Å². The first kappa shape index (κ1) is 18.4. The maximum absolute atomic E-state index is 6.04. The van der Waals surface area contributed by atoms with Gasteiger partial charge in [-0.05, 0) is 34.8 Å². The van der Waals surface area contributed by atoms with Crippen LogP contribution in [0, 0.1) is 0 Å². The third-order valence-corrected chi connectivity index (χ3v) is 4.67. The van der Waals surface area contributed by atoms with E-state index < -0.39 is 0 Å². The first-order valence-corrected chi connectivity index (χ1v) is 7.62. The lowest BCUT2D eigenvalue weighted by Crippen LogP contribution is -2.55. The Balaban J connectivity index is 0.000000960. The molecule has 1 N–H and O–H groups in total. The molecule has 128 valence electrons. The summed E-state index contributed by atoms with van der Waals surface area (Å²) in [5.74, 6) is 0. The number of fused-ring (bicyclic) bond motifs is 1. The number of piperidine rings is 1. The van der Waals surface area contributed by atoms with Crippen molar-refractivity contribution in [3.63, 3.8) is 0 Å². The van der Waals surface area contributed by atoms with Crippen LogP contribution in [0.4, 0.5) is 0 Å². The van der Waals surface area contributed by atoms with Crippen molar-refractivity contribution in [3.8, 4) is 0 Å². The highest BCUT2D eigenvalue weighted by molar-refractivity contribution is 5.85. The van der Waals surface area contributed by atoms with Crippen LogP contribution in [0.3, 0.4) is 0 Å². The van der Waals surface area contributed by atoms with Gasteiger partial charge in [-0.2, -0.15) is 0 Å². The van der Waals surface area contributed by atoms with Crippen molar-refractivity contribution < 1.29 is 9.37 Å². The summed E-state index contributed by atoms with van der Waals surface area (Å²) in [6.07, 6.45) is 2.18. The molecular formula is C15H22Cl2N4O2. The summed E-state index contributed by atoms with van der Waals surface area (Å²) >= 11 is 0. The molecule has 0 radical (unpaired) electrons. The van der Waals surface area contributed by atoms with E-state index in [1.807, 2.05) is 12.1 Å². The van der Waals surface area contributed by atoms with Crippen LogP contribution in [-0.2, 0) is 11.3 Å². The van der Waals surface area contributed by atoms with E-state index in [4.69, 9.17) is 9.37 Å². The van der Waals surface area contributed by atoms with Crippen LogP contribution in [0.25, 0.3) is 11.0 Å². The third-order valence-electron chi connectivity index (χ3n) is 4.67. The van der Waals surface area contributed by atoms with Crippen LogP contribution in [0.15, 0.2) is 22.8 Å². The predicted octanol–water partition coefficient (Wildman–Crippen LogP) is 2.02. The highest BCUT2D eigenvalue weighted by Crippen LogP contribution is 2.28. The van der Waals surface area contributed by atoms with E-state index >= 15 is 0 Å². The van der Waals surface area contributed by atoms with E-state index in [1.165, 1.54) is 5.56 Å². The molecule has 2 aliphatic heterocycles. The van der Waals surface area contributed by atoms with E-state index in [1.54, 1.807) is 0 Å². The standard InChI is InChI=1S/C15H20N4O2.2ClH/c1-2-12(14-13(3-1)17-21-18-14)10-19-7-4-15(5-8-19)11-16-6-9-20-15;;/h1-3,16H,4-11H2;2*1H. The molecular weight excluding hydrogens is 339 g/mol. The quantitative estimate of drug-likeness (QED) is 0.883. The van der Waals surface area contributed by atoms with Crippen molar-refractivity contribution >= 4 is 35.8 Å². The lowest BCUT2D eigenvalue weighted by Gasteiger charge is -2.44. The molecule has 2 saturated heterocycles. The van der Waals surface area contributed by atoms with Gasteiger partial charge in [-0.1, -0.05) is 12.1 Å². The number of hydrogen-bond donors (Lipinski definition) is 1. The average Bonchev–Trinajstić information content (AvgIpc) is 3.00. The molecule has 0 aliphatic carbocycles. The number of ether oxygens (including phenoxy) is 1. The minimum absolute atomic E-state index is 0. The average molecular weight is 361 g/mol. The number of halogens is 2. The maximum atomic E-state index is 6.04. The predicted molar refractivity (Wildman–Crippen MR) is 92.4 cm³/mol. The Morgan fingerprint density at radius 1 is 1.17 bits per heavy atom. The van der Waals surface area contributed by atoms with E-state index in [0.29, 0.717) is 0 Å². The summed E-state index contributed by atoms with van der Waals surface area (Å²) in [7, 11) is 0. The van der Waals surface area contributed by atoms with Crippen LogP contribution in [0.5, 0.6) is 0 Å². The summed E-state index contributed by atoms with van der Waals surface area (Å²) in [6.45, 7) is 5.82. The number of rotatable bonds is 2. The summed E-state index contributed by atoms with van der Waals surface area (Å²) in [4.78, 5) is 2.46. The van der Waals surface area contributed by atoms with Crippen LogP contribution >= 0.6 is 24.8 Å². The van der Waals surface area contributed by atoms with Gasteiger partial charge in [0, 0.05) is 32.7 Å². The first-order valence-electron chi connectivity index (χ1n) is 7.62. The molecule has 0 saturated carbocycles. The second kappa shape index (κ2) is 7.77. The number of aromatic nitrogens is 2. The highest BCUT2D eigenvalue weighted by atomic mass is 35.5. The van der Waals surface area contributed by atoms with Crippen molar-refractivity contribution in [2.75, 3.05) is 32.8 Å². The van der Waals surface area contributed by atoms with Gasteiger partial charge in [0.15, 0.2) is 0 Å². The summed E-state index contributed by atoms with van der Waals surface area (Å²) in [5.41, 5.74) is 2.97. The number of morpholine rings is 1. The maximum Gasteiger partial charge on any atom is 0.139 e. The molecule has 8 heteroatoms. The number of likely N-dealkylation sites (tertiary alicyclic amines) is 1. The van der Waals surface area contributed by atoms with Crippen molar-refractivity contribution in [3.05, 3.63) is 23.8 Å². The number of hydrogen-bond acceptors (Lipinski definition) is 6. The fourth-order valence-electron chi connectivity index (χ4n) is 3.38. The van der Waals surface area contributed by atoms with Gasteiger partial charge >= 0.3 is 0 Å². The van der Waals surface area contributed by atoms with Gasteiger partial charge in [0.1, 0.15) is 11.0 Å². The fraction of sp³-hybridized carbons (Fsp3) is 0.600. The summed E-state index contributed by atoms with van der Waals surface area (Å²) in [5, 5.41) is 11.4. The normalized spacial score (nSPS) is 20.9. The third kappa shape index (κ3) is 3.78. The van der Waals surface area contributed by atoms with Crippen molar-refractivity contribution in [2.45, 2.75) is 25.0 Å². The molecule has 2 aliphatic rings. The van der Waals surface area contributed by atoms with Crippen molar-refractivity contribution in [2.24, 2.45) is 0 Å². The van der Waals surface area contributed by atoms with Gasteiger partial charge < -0.3 is 10.1 Å². The van der Waals surface area contributed by atoms with Gasteiger partial charge in [-0.25, -0.2) is 4.63 Å². The molecule has 0 atom stereocenters. The van der Waals surface area contributed by atoms with Crippen LogP contribution < -0.4 is 5.32 Å². The van der Waals surface area contributed by atoms with Gasteiger partial charge in [0.25, 0.3) is 0 Å². The van der Waals surface area contributed by atoms with Crippen LogP contribution in [-0.4, -0.2) is 53.6 Å². The zero-order chi connectivity index (χ0) is 14.1. The Hall–Kier alpha value is -0.920. The van der Waals surface area contributed by atoms with Gasteiger partial charge in [0.2, 0.25) is 0 Å². The molecule has 0 bridgehead atoms. The molecule has 23 heavy (non-hydrogen) atoms. The molecule has 0 amide bonds. The van der Waals surface area contributed by atoms with Gasteiger partial charge in [0.05, 0.1) is 12.2 Å². The molecule has 2 fully saturated rings. The Kier molecular flexibility index (Phi) is 6.22. The molecule has 4 rings (SSSR count). The van der Waals surface area contributed by atoms with Gasteiger partial charge in [-0.15, -0.1) is 24.8 Å². The van der Waals surface area contributed by atoms with E-state index in [-0.39, 0.29) is 30.4 Å². The molecule has 0 unspecified atom stereocenters. The molecule has 2 aromatic rings. The second-order valence-electron chi connectivity index (χ2n) is 6.03. The zero-order valence-electron chi connectivity index (χ0n) is 12.9. The van der Waals surface area contributed by atoms with E-state index in [9.17, 15) is 0 Å². The second-order valence-corrected chi connectivity index (χ2v) is 6.03. The summed E-state index contributed by atoms with van der Waals surface area (Å²) in [6, 6.07) is 6.05. The topological polar surface area (TPSA) is 63.4 Å². The Morgan fingerprint density at radius 2 is 2.00 bits per heavy atom. The number of nitrogens with one attached hydrogen (secondary N) is 1. The number of benzene rings is 1. The van der Waals surface area contributed by atoms with Crippen LogP contribution in [0.1, 0.15) is 18.4 Å². The molecule has 3 heterocycles. The largest absolute Gasteiger partial charge is 0.372 e. The SMILES string of the molecule is Cl.Cl.c1cc(CN2CCC3(CC2)CNCCO3)c2nonc2c1. The molecule has 1 aromatic carbocycles. The Bertz CT molecular complexity index is 621.